The fraction of sp³-hybridized carbons (Fsp3) is 0.533. The van der Waals surface area contributed by atoms with Crippen LogP contribution in [0.15, 0.2) is 24.3 Å². The summed E-state index contributed by atoms with van der Waals surface area (Å²) in [5.41, 5.74) is 7.73. The maximum Gasteiger partial charge on any atom is 0.314 e. The zero-order valence-corrected chi connectivity index (χ0v) is 12.0. The SMILES string of the molecule is COCc1cccc(CNC2CCN(C(N)=O)CC2)c1. The maximum absolute atomic E-state index is 11.1. The number of urea groups is 1. The summed E-state index contributed by atoms with van der Waals surface area (Å²) in [5, 5.41) is 3.55. The van der Waals surface area contributed by atoms with Crippen LogP contribution in [0.25, 0.3) is 0 Å². The Morgan fingerprint density at radius 2 is 2.10 bits per heavy atom. The average Bonchev–Trinajstić information content (AvgIpc) is 2.46. The summed E-state index contributed by atoms with van der Waals surface area (Å²) in [4.78, 5) is 12.8. The van der Waals surface area contributed by atoms with Crippen LogP contribution in [0, 0.1) is 0 Å². The van der Waals surface area contributed by atoms with Crippen LogP contribution in [0.3, 0.4) is 0 Å². The normalized spacial score (nSPS) is 16.4. The fourth-order valence-corrected chi connectivity index (χ4v) is 2.56. The molecule has 0 spiro atoms. The van der Waals surface area contributed by atoms with Gasteiger partial charge in [0.1, 0.15) is 0 Å². The highest BCUT2D eigenvalue weighted by molar-refractivity contribution is 5.72. The second-order valence-electron chi connectivity index (χ2n) is 5.23. The molecule has 0 atom stereocenters. The quantitative estimate of drug-likeness (QED) is 0.856. The van der Waals surface area contributed by atoms with Gasteiger partial charge in [-0.05, 0) is 24.0 Å². The van der Waals surface area contributed by atoms with Gasteiger partial charge in [-0.1, -0.05) is 24.3 Å². The molecule has 1 aromatic rings. The van der Waals surface area contributed by atoms with E-state index in [-0.39, 0.29) is 6.03 Å². The minimum Gasteiger partial charge on any atom is -0.380 e. The van der Waals surface area contributed by atoms with E-state index in [1.165, 1.54) is 11.1 Å². The maximum atomic E-state index is 11.1. The van der Waals surface area contributed by atoms with Crippen molar-refractivity contribution in [2.75, 3.05) is 20.2 Å². The Bertz CT molecular complexity index is 442. The molecule has 3 N–H and O–H groups in total. The van der Waals surface area contributed by atoms with Crippen LogP contribution in [0.4, 0.5) is 4.79 Å². The highest BCUT2D eigenvalue weighted by atomic mass is 16.5. The number of methoxy groups -OCH3 is 1. The predicted octanol–water partition coefficient (Wildman–Crippen LogP) is 1.47. The van der Waals surface area contributed by atoms with Crippen LogP contribution in [-0.2, 0) is 17.9 Å². The summed E-state index contributed by atoms with van der Waals surface area (Å²) in [5.74, 6) is 0. The number of benzene rings is 1. The number of nitrogens with one attached hydrogen (secondary N) is 1. The first-order valence-electron chi connectivity index (χ1n) is 7.03. The number of carbonyl (C=O) groups is 1. The van der Waals surface area contributed by atoms with E-state index in [4.69, 9.17) is 10.5 Å². The molecule has 1 aliphatic rings. The van der Waals surface area contributed by atoms with Crippen molar-refractivity contribution in [3.05, 3.63) is 35.4 Å². The molecule has 1 aromatic carbocycles. The second kappa shape index (κ2) is 7.26. The molecule has 1 heterocycles. The summed E-state index contributed by atoms with van der Waals surface area (Å²) < 4.78 is 5.14. The van der Waals surface area contributed by atoms with Gasteiger partial charge in [0.25, 0.3) is 0 Å². The number of rotatable bonds is 5. The van der Waals surface area contributed by atoms with Crippen LogP contribution in [0.5, 0.6) is 0 Å². The number of piperidine rings is 1. The molecule has 1 fully saturated rings. The summed E-state index contributed by atoms with van der Waals surface area (Å²) >= 11 is 0. The number of amides is 2. The Kier molecular flexibility index (Phi) is 5.38. The van der Waals surface area contributed by atoms with Gasteiger partial charge in [0.05, 0.1) is 6.61 Å². The molecule has 0 bridgehead atoms. The van der Waals surface area contributed by atoms with Crippen LogP contribution in [0.2, 0.25) is 0 Å². The zero-order valence-electron chi connectivity index (χ0n) is 12.0. The average molecular weight is 277 g/mol. The minimum atomic E-state index is -0.310. The summed E-state index contributed by atoms with van der Waals surface area (Å²) in [6.45, 7) is 2.98. The molecule has 2 rings (SSSR count). The lowest BCUT2D eigenvalue weighted by Crippen LogP contribution is -2.46. The van der Waals surface area contributed by atoms with Crippen molar-refractivity contribution < 1.29 is 9.53 Å². The Balaban J connectivity index is 1.78. The molecule has 5 nitrogen and oxygen atoms in total. The largest absolute Gasteiger partial charge is 0.380 e. The van der Waals surface area contributed by atoms with Crippen molar-refractivity contribution in [1.29, 1.82) is 0 Å². The zero-order chi connectivity index (χ0) is 14.4. The molecule has 1 saturated heterocycles. The minimum absolute atomic E-state index is 0.310. The van der Waals surface area contributed by atoms with Crippen molar-refractivity contribution in [1.82, 2.24) is 10.2 Å². The first-order valence-corrected chi connectivity index (χ1v) is 7.03. The third-order valence-corrected chi connectivity index (χ3v) is 3.70. The number of hydrogen-bond donors (Lipinski definition) is 2. The van der Waals surface area contributed by atoms with E-state index in [1.807, 2.05) is 0 Å². The molecule has 5 heteroatoms. The Hall–Kier alpha value is -1.59. The second-order valence-corrected chi connectivity index (χ2v) is 5.23. The number of nitrogens with zero attached hydrogens (tertiary/aromatic N) is 1. The lowest BCUT2D eigenvalue weighted by atomic mass is 10.0. The summed E-state index contributed by atoms with van der Waals surface area (Å²) in [6.07, 6.45) is 1.92. The van der Waals surface area contributed by atoms with Crippen LogP contribution in [-0.4, -0.2) is 37.2 Å². The van der Waals surface area contributed by atoms with Crippen molar-refractivity contribution >= 4 is 6.03 Å². The van der Waals surface area contributed by atoms with E-state index in [1.54, 1.807) is 12.0 Å². The highest BCUT2D eigenvalue weighted by Gasteiger charge is 2.20. The van der Waals surface area contributed by atoms with Crippen molar-refractivity contribution in [2.24, 2.45) is 5.73 Å². The van der Waals surface area contributed by atoms with Gasteiger partial charge < -0.3 is 20.7 Å². The lowest BCUT2D eigenvalue weighted by molar-refractivity contribution is 0.184. The highest BCUT2D eigenvalue weighted by Crippen LogP contribution is 2.12. The van der Waals surface area contributed by atoms with Crippen LogP contribution < -0.4 is 11.1 Å². The molecule has 2 amide bonds. The molecule has 0 unspecified atom stereocenters. The van der Waals surface area contributed by atoms with E-state index in [0.29, 0.717) is 12.6 Å². The van der Waals surface area contributed by atoms with Crippen molar-refractivity contribution in [3.63, 3.8) is 0 Å². The number of primary amides is 1. The Labute approximate surface area is 120 Å². The van der Waals surface area contributed by atoms with Gasteiger partial charge in [-0.3, -0.25) is 0 Å². The Morgan fingerprint density at radius 1 is 1.40 bits per heavy atom. The van der Waals surface area contributed by atoms with Gasteiger partial charge in [-0.2, -0.15) is 0 Å². The molecular formula is C15H23N3O2. The fourth-order valence-electron chi connectivity index (χ4n) is 2.56. The number of ether oxygens (including phenoxy) is 1. The molecule has 0 aromatic heterocycles. The molecule has 20 heavy (non-hydrogen) atoms. The number of hydrogen-bond acceptors (Lipinski definition) is 3. The molecular weight excluding hydrogens is 254 g/mol. The van der Waals surface area contributed by atoms with Gasteiger partial charge in [0, 0.05) is 32.8 Å². The van der Waals surface area contributed by atoms with E-state index < -0.39 is 0 Å². The third-order valence-electron chi connectivity index (χ3n) is 3.70. The molecule has 0 aliphatic carbocycles. The van der Waals surface area contributed by atoms with E-state index in [9.17, 15) is 4.79 Å². The van der Waals surface area contributed by atoms with Crippen molar-refractivity contribution in [3.8, 4) is 0 Å². The number of carbonyl (C=O) groups excluding carboxylic acids is 1. The molecule has 0 saturated carbocycles. The third kappa shape index (κ3) is 4.21. The van der Waals surface area contributed by atoms with Gasteiger partial charge in [-0.25, -0.2) is 4.79 Å². The predicted molar refractivity (Wildman–Crippen MR) is 78.2 cm³/mol. The van der Waals surface area contributed by atoms with Crippen molar-refractivity contribution in [2.45, 2.75) is 32.0 Å². The Morgan fingerprint density at radius 3 is 2.75 bits per heavy atom. The standard InChI is InChI=1S/C15H23N3O2/c1-20-11-13-4-2-3-12(9-13)10-17-14-5-7-18(8-6-14)15(16)19/h2-4,9,14,17H,5-8,10-11H2,1H3,(H2,16,19). The van der Waals surface area contributed by atoms with Crippen LogP contribution in [0.1, 0.15) is 24.0 Å². The van der Waals surface area contributed by atoms with E-state index >= 15 is 0 Å². The van der Waals surface area contributed by atoms with Gasteiger partial charge in [0.15, 0.2) is 0 Å². The van der Waals surface area contributed by atoms with E-state index in [2.05, 4.69) is 29.6 Å². The molecule has 0 radical (unpaired) electrons. The smallest absolute Gasteiger partial charge is 0.314 e. The van der Waals surface area contributed by atoms with Crippen LogP contribution >= 0.6 is 0 Å². The van der Waals surface area contributed by atoms with Gasteiger partial charge in [0.2, 0.25) is 0 Å². The topological polar surface area (TPSA) is 67.6 Å². The van der Waals surface area contributed by atoms with E-state index in [0.717, 1.165) is 32.5 Å². The number of nitrogens with two attached hydrogens (primary N) is 1. The first-order chi connectivity index (χ1) is 9.69. The molecule has 110 valence electrons. The van der Waals surface area contributed by atoms with Gasteiger partial charge >= 0.3 is 6.03 Å². The lowest BCUT2D eigenvalue weighted by Gasteiger charge is -2.31. The monoisotopic (exact) mass is 277 g/mol. The number of likely N-dealkylation sites (tertiary alicyclic amines) is 1. The molecule has 1 aliphatic heterocycles. The first kappa shape index (κ1) is 14.8. The van der Waals surface area contributed by atoms with Gasteiger partial charge in [-0.15, -0.1) is 0 Å². The summed E-state index contributed by atoms with van der Waals surface area (Å²) in [6, 6.07) is 8.55. The summed E-state index contributed by atoms with van der Waals surface area (Å²) in [7, 11) is 1.71.